The number of nitrogens with two attached hydrogens (primary N) is 1. The number of hydrogen-bond acceptors (Lipinski definition) is 5. The van der Waals surface area contributed by atoms with Crippen LogP contribution in [0.25, 0.3) is 28.3 Å². The number of rotatable bonds is 3. The summed E-state index contributed by atoms with van der Waals surface area (Å²) in [5.74, 6) is 0.664. The van der Waals surface area contributed by atoms with Crippen molar-refractivity contribution in [2.75, 3.05) is 5.32 Å². The van der Waals surface area contributed by atoms with E-state index in [-0.39, 0.29) is 5.11 Å². The van der Waals surface area contributed by atoms with Crippen LogP contribution in [0.4, 0.5) is 5.69 Å². The van der Waals surface area contributed by atoms with E-state index in [0.717, 1.165) is 22.5 Å². The average molecular weight is 347 g/mol. The molecule has 4 aromatic rings. The van der Waals surface area contributed by atoms with E-state index in [0.29, 0.717) is 11.5 Å². The van der Waals surface area contributed by atoms with Crippen LogP contribution in [-0.2, 0) is 0 Å². The highest BCUT2D eigenvalue weighted by atomic mass is 32.1. The van der Waals surface area contributed by atoms with Gasteiger partial charge in [-0.05, 0) is 48.6 Å². The van der Waals surface area contributed by atoms with Crippen LogP contribution in [-0.4, -0.2) is 29.9 Å². The number of thiocarbonyl (C=S) groups is 1. The zero-order valence-electron chi connectivity index (χ0n) is 13.0. The Morgan fingerprint density at radius 1 is 1.00 bits per heavy atom. The van der Waals surface area contributed by atoms with E-state index in [1.165, 1.54) is 0 Å². The molecule has 122 valence electrons. The van der Waals surface area contributed by atoms with E-state index in [1.54, 1.807) is 16.9 Å². The molecule has 3 N–H and O–H groups in total. The first kappa shape index (κ1) is 15.2. The minimum Gasteiger partial charge on any atom is -0.376 e. The van der Waals surface area contributed by atoms with Crippen molar-refractivity contribution in [3.8, 4) is 22.6 Å². The van der Waals surface area contributed by atoms with Crippen molar-refractivity contribution in [3.63, 3.8) is 0 Å². The summed E-state index contributed by atoms with van der Waals surface area (Å²) in [6, 6.07) is 15.2. The number of anilines is 1. The molecule has 0 saturated carbocycles. The third kappa shape index (κ3) is 3.02. The second-order valence-corrected chi connectivity index (χ2v) is 5.76. The molecular weight excluding hydrogens is 334 g/mol. The zero-order chi connectivity index (χ0) is 17.2. The molecule has 4 rings (SSSR count). The lowest BCUT2D eigenvalue weighted by Crippen LogP contribution is -2.18. The molecule has 7 nitrogen and oxygen atoms in total. The van der Waals surface area contributed by atoms with Gasteiger partial charge in [-0.25, -0.2) is 0 Å². The zero-order valence-corrected chi connectivity index (χ0v) is 13.8. The molecule has 25 heavy (non-hydrogen) atoms. The normalized spacial score (nSPS) is 10.7. The fourth-order valence-corrected chi connectivity index (χ4v) is 2.64. The van der Waals surface area contributed by atoms with Crippen LogP contribution in [0.2, 0.25) is 0 Å². The van der Waals surface area contributed by atoms with Crippen molar-refractivity contribution in [2.45, 2.75) is 0 Å². The summed E-state index contributed by atoms with van der Waals surface area (Å²) in [4.78, 5) is 4.03. The van der Waals surface area contributed by atoms with Crippen LogP contribution in [0.3, 0.4) is 0 Å². The van der Waals surface area contributed by atoms with Gasteiger partial charge in [0.25, 0.3) is 0 Å². The monoisotopic (exact) mass is 347 g/mol. The number of fused-ring (bicyclic) bond motifs is 1. The van der Waals surface area contributed by atoms with E-state index in [4.69, 9.17) is 18.0 Å². The minimum absolute atomic E-state index is 0.222. The maximum Gasteiger partial charge on any atom is 0.185 e. The number of nitrogens with zero attached hydrogens (tertiary/aromatic N) is 5. The highest BCUT2D eigenvalue weighted by Crippen LogP contribution is 2.23. The van der Waals surface area contributed by atoms with Crippen LogP contribution < -0.4 is 11.1 Å². The summed E-state index contributed by atoms with van der Waals surface area (Å²) in [6.45, 7) is 0. The Labute approximate surface area is 148 Å². The molecule has 0 atom stereocenters. The minimum atomic E-state index is 0.222. The Kier molecular flexibility index (Phi) is 3.79. The van der Waals surface area contributed by atoms with Crippen molar-refractivity contribution in [3.05, 3.63) is 60.9 Å². The summed E-state index contributed by atoms with van der Waals surface area (Å²) in [5, 5.41) is 16.2. The standard InChI is InChI=1S/C17H13N7S/c18-17(25)20-13-3-1-2-12(10-13)14-4-5-15-21-22-16(24(15)23-14)11-6-8-19-9-7-11/h1-10H,(H3,18,20,25). The maximum atomic E-state index is 5.54. The van der Waals surface area contributed by atoms with Gasteiger partial charge >= 0.3 is 0 Å². The van der Waals surface area contributed by atoms with E-state index in [1.807, 2.05) is 48.5 Å². The quantitative estimate of drug-likeness (QED) is 0.550. The lowest BCUT2D eigenvalue weighted by Gasteiger charge is -2.07. The van der Waals surface area contributed by atoms with Crippen LogP contribution in [0, 0.1) is 0 Å². The SMILES string of the molecule is NC(=S)Nc1cccc(-c2ccc3nnc(-c4ccncc4)n3n2)c1. The van der Waals surface area contributed by atoms with Gasteiger partial charge in [0.2, 0.25) is 0 Å². The fourth-order valence-electron chi connectivity index (χ4n) is 2.52. The first-order chi connectivity index (χ1) is 12.2. The van der Waals surface area contributed by atoms with Gasteiger partial charge in [0.05, 0.1) is 5.69 Å². The molecule has 0 aliphatic carbocycles. The molecule has 1 aromatic carbocycles. The van der Waals surface area contributed by atoms with Gasteiger partial charge in [-0.15, -0.1) is 10.2 Å². The number of benzene rings is 1. The molecule has 0 saturated heterocycles. The van der Waals surface area contributed by atoms with E-state index < -0.39 is 0 Å². The molecule has 0 aliphatic heterocycles. The molecule has 3 aromatic heterocycles. The second-order valence-electron chi connectivity index (χ2n) is 5.32. The smallest absolute Gasteiger partial charge is 0.185 e. The Morgan fingerprint density at radius 2 is 1.84 bits per heavy atom. The van der Waals surface area contributed by atoms with E-state index in [2.05, 4.69) is 25.6 Å². The second kappa shape index (κ2) is 6.25. The van der Waals surface area contributed by atoms with Crippen molar-refractivity contribution in [2.24, 2.45) is 5.73 Å². The summed E-state index contributed by atoms with van der Waals surface area (Å²) in [7, 11) is 0. The van der Waals surface area contributed by atoms with Crippen molar-refractivity contribution >= 4 is 28.7 Å². The van der Waals surface area contributed by atoms with Crippen LogP contribution >= 0.6 is 12.2 Å². The molecule has 0 unspecified atom stereocenters. The van der Waals surface area contributed by atoms with Crippen molar-refractivity contribution in [1.29, 1.82) is 0 Å². The molecule has 8 heteroatoms. The highest BCUT2D eigenvalue weighted by molar-refractivity contribution is 7.80. The molecule has 0 amide bonds. The van der Waals surface area contributed by atoms with Crippen LogP contribution in [0.1, 0.15) is 0 Å². The topological polar surface area (TPSA) is 94.0 Å². The number of aromatic nitrogens is 5. The number of pyridine rings is 1. The van der Waals surface area contributed by atoms with Gasteiger partial charge in [-0.2, -0.15) is 9.61 Å². The first-order valence-corrected chi connectivity index (χ1v) is 7.91. The predicted molar refractivity (Wildman–Crippen MR) is 99.9 cm³/mol. The summed E-state index contributed by atoms with van der Waals surface area (Å²) in [6.07, 6.45) is 3.43. The third-order valence-corrected chi connectivity index (χ3v) is 3.73. The van der Waals surface area contributed by atoms with Gasteiger partial charge in [-0.3, -0.25) is 4.98 Å². The number of hydrogen-bond donors (Lipinski definition) is 2. The number of nitrogens with one attached hydrogen (secondary N) is 1. The molecule has 3 heterocycles. The van der Waals surface area contributed by atoms with Crippen LogP contribution in [0.15, 0.2) is 60.9 Å². The lowest BCUT2D eigenvalue weighted by atomic mass is 10.1. The molecular formula is C17H13N7S. The third-order valence-electron chi connectivity index (χ3n) is 3.63. The van der Waals surface area contributed by atoms with Gasteiger partial charge in [0.15, 0.2) is 16.6 Å². The largest absolute Gasteiger partial charge is 0.376 e. The molecule has 0 spiro atoms. The van der Waals surface area contributed by atoms with E-state index >= 15 is 0 Å². The van der Waals surface area contributed by atoms with E-state index in [9.17, 15) is 0 Å². The van der Waals surface area contributed by atoms with Crippen molar-refractivity contribution in [1.82, 2.24) is 24.8 Å². The average Bonchev–Trinajstić information content (AvgIpc) is 3.05. The molecule has 0 bridgehead atoms. The fraction of sp³-hybridized carbons (Fsp3) is 0. The molecule has 0 radical (unpaired) electrons. The summed E-state index contributed by atoms with van der Waals surface area (Å²) in [5.41, 5.74) is 9.63. The Bertz CT molecular complexity index is 1060. The van der Waals surface area contributed by atoms with Gasteiger partial charge in [0.1, 0.15) is 0 Å². The van der Waals surface area contributed by atoms with Gasteiger partial charge in [-0.1, -0.05) is 12.1 Å². The lowest BCUT2D eigenvalue weighted by molar-refractivity contribution is 0.941. The summed E-state index contributed by atoms with van der Waals surface area (Å²) < 4.78 is 1.72. The summed E-state index contributed by atoms with van der Waals surface area (Å²) >= 11 is 4.89. The maximum absolute atomic E-state index is 5.54. The predicted octanol–water partition coefficient (Wildman–Crippen LogP) is 2.51. The molecule has 0 fully saturated rings. The molecule has 0 aliphatic rings. The first-order valence-electron chi connectivity index (χ1n) is 7.50. The Balaban J connectivity index is 1.80. The van der Waals surface area contributed by atoms with Crippen LogP contribution in [0.5, 0.6) is 0 Å². The van der Waals surface area contributed by atoms with Gasteiger partial charge in [0, 0.05) is 29.2 Å². The Morgan fingerprint density at radius 3 is 2.64 bits per heavy atom. The highest BCUT2D eigenvalue weighted by Gasteiger charge is 2.11. The van der Waals surface area contributed by atoms with Gasteiger partial charge < -0.3 is 11.1 Å². The van der Waals surface area contributed by atoms with Crippen molar-refractivity contribution < 1.29 is 0 Å². The Hall–Kier alpha value is -3.39.